The predicted octanol–water partition coefficient (Wildman–Crippen LogP) is 4.62. The summed E-state index contributed by atoms with van der Waals surface area (Å²) in [6.07, 6.45) is -3.53. The first-order chi connectivity index (χ1) is 17.2. The van der Waals surface area contributed by atoms with Crippen LogP contribution in [0.3, 0.4) is 0 Å². The number of alkyl halides is 3. The number of piperidine rings is 1. The minimum absolute atomic E-state index is 0.201. The number of ether oxygens (including phenoxy) is 1. The Hall–Kier alpha value is -3.86. The first-order valence-electron chi connectivity index (χ1n) is 11.4. The first-order valence-corrected chi connectivity index (χ1v) is 11.4. The lowest BCUT2D eigenvalue weighted by atomic mass is 10.1. The molecular formula is C25H23F3N5O3. The van der Waals surface area contributed by atoms with E-state index in [0.29, 0.717) is 17.8 Å². The minimum Gasteiger partial charge on any atom is -0.406 e. The van der Waals surface area contributed by atoms with Gasteiger partial charge in [0.1, 0.15) is 5.75 Å². The normalized spacial score (nSPS) is 14.9. The lowest BCUT2D eigenvalue weighted by Crippen LogP contribution is -2.36. The quantitative estimate of drug-likeness (QED) is 0.415. The maximum absolute atomic E-state index is 12.4. The molecule has 1 aliphatic rings. The maximum atomic E-state index is 12.4. The van der Waals surface area contributed by atoms with Crippen molar-refractivity contribution in [2.75, 3.05) is 18.0 Å². The average molecular weight is 498 g/mol. The lowest BCUT2D eigenvalue weighted by Gasteiger charge is -2.33. The van der Waals surface area contributed by atoms with Crippen LogP contribution in [-0.4, -0.2) is 50.6 Å². The van der Waals surface area contributed by atoms with Crippen molar-refractivity contribution in [1.29, 1.82) is 0 Å². The molecule has 8 nitrogen and oxygen atoms in total. The third kappa shape index (κ3) is 5.35. The molecule has 187 valence electrons. The van der Waals surface area contributed by atoms with Gasteiger partial charge in [0.25, 0.3) is 5.89 Å². The van der Waals surface area contributed by atoms with Gasteiger partial charge in [-0.25, -0.2) is 0 Å². The fourth-order valence-electron chi connectivity index (χ4n) is 4.19. The molecule has 1 saturated heterocycles. The van der Waals surface area contributed by atoms with E-state index in [4.69, 9.17) is 4.52 Å². The molecule has 36 heavy (non-hydrogen) atoms. The summed E-state index contributed by atoms with van der Waals surface area (Å²) in [5.74, 6) is 0.0953. The van der Waals surface area contributed by atoms with Gasteiger partial charge in [0, 0.05) is 30.0 Å². The van der Waals surface area contributed by atoms with E-state index in [1.165, 1.54) is 24.3 Å². The second-order valence-electron chi connectivity index (χ2n) is 8.60. The van der Waals surface area contributed by atoms with Crippen LogP contribution >= 0.6 is 0 Å². The van der Waals surface area contributed by atoms with Crippen LogP contribution in [0.15, 0.2) is 53.1 Å². The van der Waals surface area contributed by atoms with Gasteiger partial charge < -0.3 is 19.3 Å². The van der Waals surface area contributed by atoms with Crippen LogP contribution in [0.25, 0.3) is 23.0 Å². The van der Waals surface area contributed by atoms with E-state index < -0.39 is 6.36 Å². The van der Waals surface area contributed by atoms with Crippen LogP contribution in [-0.2, 0) is 6.54 Å². The zero-order valence-corrected chi connectivity index (χ0v) is 19.4. The van der Waals surface area contributed by atoms with Gasteiger partial charge >= 0.3 is 6.36 Å². The number of aromatic nitrogens is 4. The monoisotopic (exact) mass is 498 g/mol. The number of hydrogen-bond donors (Lipinski definition) is 1. The van der Waals surface area contributed by atoms with Gasteiger partial charge in [-0.1, -0.05) is 11.2 Å². The van der Waals surface area contributed by atoms with Crippen molar-refractivity contribution < 1.29 is 27.5 Å². The number of benzene rings is 2. The van der Waals surface area contributed by atoms with E-state index in [9.17, 15) is 18.3 Å². The number of aliphatic hydroxyl groups excluding tert-OH is 1. The summed E-state index contributed by atoms with van der Waals surface area (Å²) in [7, 11) is 0. The summed E-state index contributed by atoms with van der Waals surface area (Å²) >= 11 is 0. The second-order valence-corrected chi connectivity index (χ2v) is 8.60. The maximum Gasteiger partial charge on any atom is 0.573 e. The van der Waals surface area contributed by atoms with E-state index in [0.717, 1.165) is 42.9 Å². The van der Waals surface area contributed by atoms with Crippen molar-refractivity contribution in [3.63, 3.8) is 0 Å². The smallest absolute Gasteiger partial charge is 0.406 e. The van der Waals surface area contributed by atoms with Crippen molar-refractivity contribution in [2.45, 2.75) is 38.8 Å². The molecule has 1 radical (unpaired) electrons. The molecule has 0 amide bonds. The SMILES string of the molecule is Cc1cc(-c2nc(-c3ccc(OC(F)(F)F)cc3)no2)nn1Cc1c[c]ccc1N1CCC(O)CC1. The van der Waals surface area contributed by atoms with E-state index >= 15 is 0 Å². The standard InChI is InChI=1S/C25H23F3N5O3/c1-16-14-21(24-29-23(31-36-24)17-6-8-20(9-7-17)35-25(26,27)28)30-33(16)15-18-4-2-3-5-22(18)32-12-10-19(34)11-13-32/h3-9,14,19,34H,10-13,15H2,1H3. The number of halogens is 3. The largest absolute Gasteiger partial charge is 0.573 e. The fraction of sp³-hybridized carbons (Fsp3) is 0.320. The van der Waals surface area contributed by atoms with Crippen molar-refractivity contribution >= 4 is 5.69 Å². The molecule has 1 aliphatic heterocycles. The number of anilines is 1. The molecule has 0 spiro atoms. The Balaban J connectivity index is 1.33. The number of aliphatic hydroxyl groups is 1. The van der Waals surface area contributed by atoms with Gasteiger partial charge in [0.2, 0.25) is 5.82 Å². The van der Waals surface area contributed by atoms with Crippen LogP contribution in [0, 0.1) is 13.0 Å². The van der Waals surface area contributed by atoms with Crippen molar-refractivity contribution in [3.8, 4) is 28.7 Å². The van der Waals surface area contributed by atoms with Gasteiger partial charge in [-0.05, 0) is 73.9 Å². The molecule has 3 heterocycles. The predicted molar refractivity (Wildman–Crippen MR) is 124 cm³/mol. The summed E-state index contributed by atoms with van der Waals surface area (Å²) in [5, 5.41) is 18.4. The molecule has 2 aromatic carbocycles. The highest BCUT2D eigenvalue weighted by Gasteiger charge is 2.31. The van der Waals surface area contributed by atoms with Crippen LogP contribution in [0.1, 0.15) is 24.1 Å². The molecule has 2 aromatic heterocycles. The third-order valence-electron chi connectivity index (χ3n) is 6.02. The van der Waals surface area contributed by atoms with Crippen LogP contribution in [0.4, 0.5) is 18.9 Å². The number of rotatable bonds is 6. The van der Waals surface area contributed by atoms with Gasteiger partial charge in [-0.15, -0.1) is 13.2 Å². The molecule has 0 saturated carbocycles. The van der Waals surface area contributed by atoms with E-state index in [1.807, 2.05) is 35.9 Å². The molecule has 0 aliphatic carbocycles. The van der Waals surface area contributed by atoms with Crippen LogP contribution in [0.5, 0.6) is 5.75 Å². The first kappa shape index (κ1) is 23.9. The summed E-state index contributed by atoms with van der Waals surface area (Å²) in [4.78, 5) is 6.63. The molecule has 1 fully saturated rings. The zero-order chi connectivity index (χ0) is 25.3. The topological polar surface area (TPSA) is 89.4 Å². The minimum atomic E-state index is -4.76. The highest BCUT2D eigenvalue weighted by atomic mass is 19.4. The van der Waals surface area contributed by atoms with Gasteiger partial charge in [0.05, 0.1) is 12.6 Å². The number of hydrogen-bond acceptors (Lipinski definition) is 7. The Kier molecular flexibility index (Phi) is 6.40. The highest BCUT2D eigenvalue weighted by molar-refractivity contribution is 5.59. The summed E-state index contributed by atoms with van der Waals surface area (Å²) in [6, 6.07) is 16.1. The molecular weight excluding hydrogens is 475 g/mol. The van der Waals surface area contributed by atoms with Gasteiger partial charge in [0.15, 0.2) is 5.69 Å². The van der Waals surface area contributed by atoms with E-state index in [2.05, 4.69) is 30.9 Å². The Labute approximate surface area is 204 Å². The lowest BCUT2D eigenvalue weighted by molar-refractivity contribution is -0.274. The molecule has 5 rings (SSSR count). The zero-order valence-electron chi connectivity index (χ0n) is 19.4. The average Bonchev–Trinajstić information content (AvgIpc) is 3.47. The number of aryl methyl sites for hydroxylation is 1. The van der Waals surface area contributed by atoms with E-state index in [1.54, 1.807) is 0 Å². The van der Waals surface area contributed by atoms with Crippen molar-refractivity contribution in [3.05, 3.63) is 65.9 Å². The Morgan fingerprint density at radius 2 is 1.92 bits per heavy atom. The van der Waals surface area contributed by atoms with Gasteiger partial charge in [-0.3, -0.25) is 4.68 Å². The van der Waals surface area contributed by atoms with E-state index in [-0.39, 0.29) is 23.6 Å². The molecule has 0 bridgehead atoms. The molecule has 11 heteroatoms. The fourth-order valence-corrected chi connectivity index (χ4v) is 4.19. The summed E-state index contributed by atoms with van der Waals surface area (Å²) in [6.45, 7) is 4.02. The molecule has 4 aromatic rings. The van der Waals surface area contributed by atoms with Crippen molar-refractivity contribution in [2.24, 2.45) is 0 Å². The summed E-state index contributed by atoms with van der Waals surface area (Å²) < 4.78 is 48.2. The molecule has 1 N–H and O–H groups in total. The molecule has 0 atom stereocenters. The highest BCUT2D eigenvalue weighted by Crippen LogP contribution is 2.28. The molecule has 0 unspecified atom stereocenters. The Bertz CT molecular complexity index is 1330. The van der Waals surface area contributed by atoms with Crippen molar-refractivity contribution in [1.82, 2.24) is 19.9 Å². The second kappa shape index (κ2) is 9.65. The number of nitrogens with zero attached hydrogens (tertiary/aromatic N) is 5. The Morgan fingerprint density at radius 3 is 2.64 bits per heavy atom. The van der Waals surface area contributed by atoms with Gasteiger partial charge in [-0.2, -0.15) is 10.1 Å². The third-order valence-corrected chi connectivity index (χ3v) is 6.02. The Morgan fingerprint density at radius 1 is 1.17 bits per heavy atom. The van der Waals surface area contributed by atoms with Crippen LogP contribution < -0.4 is 9.64 Å². The summed E-state index contributed by atoms with van der Waals surface area (Å²) in [5.41, 5.74) is 4.01. The van der Waals surface area contributed by atoms with Crippen LogP contribution in [0.2, 0.25) is 0 Å².